The Hall–Kier alpha value is -1.92. The van der Waals surface area contributed by atoms with E-state index < -0.39 is 23.5 Å². The lowest BCUT2D eigenvalue weighted by molar-refractivity contribution is -0.0631. The molecule has 1 N–H and O–H groups in total. The number of carbonyl (C=O) groups is 1. The molecule has 1 fully saturated rings. The molecule has 1 atom stereocenters. The van der Waals surface area contributed by atoms with Crippen LogP contribution in [0.3, 0.4) is 0 Å². The minimum absolute atomic E-state index is 0.0694. The summed E-state index contributed by atoms with van der Waals surface area (Å²) in [6, 6.07) is 4.11. The zero-order valence-electron chi connectivity index (χ0n) is 17.8. The molecule has 1 aromatic heterocycles. The maximum Gasteiger partial charge on any atom is 0.410 e. The lowest BCUT2D eigenvalue weighted by atomic mass is 9.95. The summed E-state index contributed by atoms with van der Waals surface area (Å²) in [5, 5.41) is 3.31. The highest BCUT2D eigenvalue weighted by atomic mass is 19.3. The van der Waals surface area contributed by atoms with Gasteiger partial charge in [-0.2, -0.15) is 0 Å². The third kappa shape index (κ3) is 6.03. The number of hydrogen-bond acceptors (Lipinski definition) is 4. The summed E-state index contributed by atoms with van der Waals surface area (Å²) in [7, 11) is 0. The van der Waals surface area contributed by atoms with Crippen molar-refractivity contribution in [3.8, 4) is 0 Å². The van der Waals surface area contributed by atoms with Crippen molar-refractivity contribution in [1.29, 1.82) is 0 Å². The van der Waals surface area contributed by atoms with Crippen LogP contribution in [0.1, 0.15) is 64.1 Å². The van der Waals surface area contributed by atoms with Gasteiger partial charge in [0.05, 0.1) is 0 Å². The first kappa shape index (κ1) is 21.8. The zero-order valence-corrected chi connectivity index (χ0v) is 17.8. The van der Waals surface area contributed by atoms with Crippen LogP contribution in [0.5, 0.6) is 0 Å². The van der Waals surface area contributed by atoms with Crippen LogP contribution in [0.2, 0.25) is 0 Å². The fraction of sp³-hybridized carbons (Fsp3) is 0.727. The highest BCUT2D eigenvalue weighted by molar-refractivity contribution is 5.68. The number of unbranched alkanes of at least 4 members (excludes halogenated alkanes) is 1. The average Bonchev–Trinajstić information content (AvgIpc) is 3.15. The number of amides is 1. The second-order valence-corrected chi connectivity index (χ2v) is 9.22. The Labute approximate surface area is 172 Å². The van der Waals surface area contributed by atoms with Gasteiger partial charge in [-0.15, -0.1) is 0 Å². The second kappa shape index (κ2) is 8.84. The molecule has 2 aliphatic rings. The first-order valence-corrected chi connectivity index (χ1v) is 10.7. The number of alkyl halides is 2. The summed E-state index contributed by atoms with van der Waals surface area (Å²) < 4.78 is 34.6. The molecule has 1 unspecified atom stereocenters. The number of hydrogen-bond donors (Lipinski definition) is 1. The summed E-state index contributed by atoms with van der Waals surface area (Å²) >= 11 is 0. The summed E-state index contributed by atoms with van der Waals surface area (Å²) in [5.41, 5.74) is 1.58. The molecule has 0 aliphatic carbocycles. The van der Waals surface area contributed by atoms with Crippen molar-refractivity contribution in [3.05, 3.63) is 23.4 Å². The number of nitrogens with one attached hydrogen (secondary N) is 1. The monoisotopic (exact) mass is 409 g/mol. The van der Waals surface area contributed by atoms with E-state index in [0.29, 0.717) is 32.2 Å². The number of aromatic nitrogens is 1. The first-order valence-electron chi connectivity index (χ1n) is 10.7. The SMILES string of the molecule is CC(C)(C)OC(=O)N1CCC(C(F)(F)CCCCc2ccc3c(n2)NCCC3)C1. The Kier molecular flexibility index (Phi) is 6.64. The molecule has 0 saturated carbocycles. The molecule has 0 aromatic carbocycles. The van der Waals surface area contributed by atoms with Crippen molar-refractivity contribution >= 4 is 11.9 Å². The number of rotatable bonds is 6. The van der Waals surface area contributed by atoms with E-state index >= 15 is 0 Å². The fourth-order valence-electron chi connectivity index (χ4n) is 3.98. The van der Waals surface area contributed by atoms with Gasteiger partial charge >= 0.3 is 6.09 Å². The summed E-state index contributed by atoms with van der Waals surface area (Å²) in [5.74, 6) is -2.60. The number of pyridine rings is 1. The predicted octanol–water partition coefficient (Wildman–Crippen LogP) is 5.04. The number of carbonyl (C=O) groups excluding carboxylic acids is 1. The van der Waals surface area contributed by atoms with Crippen molar-refractivity contribution in [2.24, 2.45) is 5.92 Å². The minimum atomic E-state index is -2.76. The largest absolute Gasteiger partial charge is 0.444 e. The Morgan fingerprint density at radius 2 is 2.10 bits per heavy atom. The summed E-state index contributed by atoms with van der Waals surface area (Å²) in [4.78, 5) is 18.1. The first-order chi connectivity index (χ1) is 13.6. The van der Waals surface area contributed by atoms with Gasteiger partial charge in [0.2, 0.25) is 0 Å². The van der Waals surface area contributed by atoms with Crippen molar-refractivity contribution in [2.75, 3.05) is 25.0 Å². The number of anilines is 1. The van der Waals surface area contributed by atoms with Crippen molar-refractivity contribution in [1.82, 2.24) is 9.88 Å². The second-order valence-electron chi connectivity index (χ2n) is 9.22. The van der Waals surface area contributed by atoms with Crippen molar-refractivity contribution < 1.29 is 18.3 Å². The normalized spacial score (nSPS) is 19.6. The molecule has 29 heavy (non-hydrogen) atoms. The summed E-state index contributed by atoms with van der Waals surface area (Å²) in [6.07, 6.45) is 3.68. The zero-order chi connectivity index (χ0) is 21.1. The van der Waals surface area contributed by atoms with E-state index in [-0.39, 0.29) is 13.0 Å². The average molecular weight is 410 g/mol. The Morgan fingerprint density at radius 1 is 1.31 bits per heavy atom. The molecule has 0 radical (unpaired) electrons. The van der Waals surface area contributed by atoms with E-state index in [0.717, 1.165) is 30.9 Å². The standard InChI is InChI=1S/C22H33F2N3O2/c1-21(2,3)29-20(28)27-14-11-17(15-27)22(23,24)12-5-4-8-18-10-9-16-7-6-13-25-19(16)26-18/h9-10,17H,4-8,11-15H2,1-3H3,(H,25,26). The Morgan fingerprint density at radius 3 is 2.86 bits per heavy atom. The van der Waals surface area contributed by atoms with Gasteiger partial charge in [0.15, 0.2) is 0 Å². The van der Waals surface area contributed by atoms with Crippen LogP contribution in [0.15, 0.2) is 12.1 Å². The number of likely N-dealkylation sites (tertiary alicyclic amines) is 1. The maximum absolute atomic E-state index is 14.6. The van der Waals surface area contributed by atoms with Gasteiger partial charge in [0.1, 0.15) is 11.4 Å². The van der Waals surface area contributed by atoms with Gasteiger partial charge in [-0.05, 0) is 70.9 Å². The molecule has 3 heterocycles. The third-order valence-electron chi connectivity index (χ3n) is 5.58. The lowest BCUT2D eigenvalue weighted by Crippen LogP contribution is -2.37. The molecular formula is C22H33F2N3O2. The van der Waals surface area contributed by atoms with Crippen molar-refractivity contribution in [2.45, 2.75) is 77.2 Å². The molecule has 162 valence electrons. The molecule has 1 amide bonds. The van der Waals surface area contributed by atoms with Gasteiger partial charge in [0, 0.05) is 37.7 Å². The number of ether oxygens (including phenoxy) is 1. The molecular weight excluding hydrogens is 376 g/mol. The number of nitrogens with zero attached hydrogens (tertiary/aromatic N) is 2. The van der Waals surface area contributed by atoms with Crippen LogP contribution in [-0.2, 0) is 17.6 Å². The van der Waals surface area contributed by atoms with Crippen LogP contribution in [0, 0.1) is 5.92 Å². The number of fused-ring (bicyclic) bond motifs is 1. The molecule has 3 rings (SSSR count). The molecule has 1 saturated heterocycles. The van der Waals surface area contributed by atoms with Crippen LogP contribution in [0.4, 0.5) is 19.4 Å². The number of halogens is 2. The minimum Gasteiger partial charge on any atom is -0.444 e. The van der Waals surface area contributed by atoms with Gasteiger partial charge < -0.3 is 15.0 Å². The van der Waals surface area contributed by atoms with E-state index in [2.05, 4.69) is 16.4 Å². The van der Waals surface area contributed by atoms with E-state index in [1.165, 1.54) is 10.5 Å². The van der Waals surface area contributed by atoms with Crippen LogP contribution < -0.4 is 5.32 Å². The van der Waals surface area contributed by atoms with Crippen LogP contribution >= 0.6 is 0 Å². The van der Waals surface area contributed by atoms with E-state index in [9.17, 15) is 13.6 Å². The molecule has 7 heteroatoms. The molecule has 5 nitrogen and oxygen atoms in total. The highest BCUT2D eigenvalue weighted by Gasteiger charge is 2.44. The maximum atomic E-state index is 14.6. The van der Waals surface area contributed by atoms with E-state index in [1.807, 2.05) is 6.07 Å². The lowest BCUT2D eigenvalue weighted by Gasteiger charge is -2.26. The highest BCUT2D eigenvalue weighted by Crippen LogP contribution is 2.37. The Bertz CT molecular complexity index is 718. The van der Waals surface area contributed by atoms with Crippen LogP contribution in [0.25, 0.3) is 0 Å². The molecule has 0 bridgehead atoms. The van der Waals surface area contributed by atoms with Crippen molar-refractivity contribution in [3.63, 3.8) is 0 Å². The molecule has 2 aliphatic heterocycles. The van der Waals surface area contributed by atoms with Crippen LogP contribution in [-0.4, -0.2) is 47.1 Å². The quantitative estimate of drug-likeness (QED) is 0.669. The smallest absolute Gasteiger partial charge is 0.410 e. The van der Waals surface area contributed by atoms with E-state index in [4.69, 9.17) is 4.74 Å². The number of aryl methyl sites for hydroxylation is 2. The molecule has 1 aromatic rings. The third-order valence-corrected chi connectivity index (χ3v) is 5.58. The summed E-state index contributed by atoms with van der Waals surface area (Å²) in [6.45, 7) is 6.68. The topological polar surface area (TPSA) is 54.5 Å². The van der Waals surface area contributed by atoms with Gasteiger partial charge in [0.25, 0.3) is 5.92 Å². The van der Waals surface area contributed by atoms with E-state index in [1.54, 1.807) is 20.8 Å². The van der Waals surface area contributed by atoms with Gasteiger partial charge in [-0.3, -0.25) is 0 Å². The Balaban J connectivity index is 1.42. The predicted molar refractivity (Wildman–Crippen MR) is 109 cm³/mol. The fourth-order valence-corrected chi connectivity index (χ4v) is 3.98. The van der Waals surface area contributed by atoms with Gasteiger partial charge in [-0.25, -0.2) is 18.6 Å². The molecule has 0 spiro atoms. The van der Waals surface area contributed by atoms with Gasteiger partial charge in [-0.1, -0.05) is 6.07 Å².